The summed E-state index contributed by atoms with van der Waals surface area (Å²) in [5.74, 6) is 3.58. The summed E-state index contributed by atoms with van der Waals surface area (Å²) in [5, 5.41) is 3.18. The summed E-state index contributed by atoms with van der Waals surface area (Å²) < 4.78 is 0. The zero-order valence-electron chi connectivity index (χ0n) is 8.67. The summed E-state index contributed by atoms with van der Waals surface area (Å²) in [6.07, 6.45) is 6.54. The first-order valence-corrected chi connectivity index (χ1v) is 6.06. The summed E-state index contributed by atoms with van der Waals surface area (Å²) in [6, 6.07) is 0. The van der Waals surface area contributed by atoms with Gasteiger partial charge in [0.15, 0.2) is 0 Å². The van der Waals surface area contributed by atoms with E-state index in [0.29, 0.717) is 11.7 Å². The fourth-order valence-electron chi connectivity index (χ4n) is 3.57. The fraction of sp³-hybridized carbons (Fsp3) is 0.917. The van der Waals surface area contributed by atoms with Gasteiger partial charge in [-0.25, -0.2) is 0 Å². The van der Waals surface area contributed by atoms with Gasteiger partial charge in [0.1, 0.15) is 5.78 Å². The van der Waals surface area contributed by atoms with E-state index in [1.54, 1.807) is 0 Å². The van der Waals surface area contributed by atoms with Gasteiger partial charge < -0.3 is 5.32 Å². The third-order valence-electron chi connectivity index (χ3n) is 4.58. The molecule has 3 unspecified atom stereocenters. The van der Waals surface area contributed by atoms with E-state index in [-0.39, 0.29) is 0 Å². The third-order valence-corrected chi connectivity index (χ3v) is 4.58. The molecule has 0 aromatic heterocycles. The number of Topliss-reactive ketones (excluding diaryl/α,β-unsaturated/α-hetero) is 1. The minimum absolute atomic E-state index is 0.370. The molecule has 3 atom stereocenters. The van der Waals surface area contributed by atoms with E-state index in [2.05, 4.69) is 5.32 Å². The second-order valence-corrected chi connectivity index (χ2v) is 5.46. The molecule has 1 heterocycles. The molecule has 2 bridgehead atoms. The average molecular weight is 193 g/mol. The summed E-state index contributed by atoms with van der Waals surface area (Å²) >= 11 is 0. The Balaban J connectivity index is 1.54. The zero-order valence-corrected chi connectivity index (χ0v) is 8.67. The highest BCUT2D eigenvalue weighted by atomic mass is 16.1. The number of carbonyl (C=O) groups is 1. The van der Waals surface area contributed by atoms with Crippen molar-refractivity contribution in [2.75, 3.05) is 13.1 Å². The predicted molar refractivity (Wildman–Crippen MR) is 54.9 cm³/mol. The molecule has 2 heteroatoms. The number of hydrogen-bond donors (Lipinski definition) is 1. The molecule has 0 aromatic carbocycles. The highest BCUT2D eigenvalue weighted by Gasteiger charge is 2.41. The van der Waals surface area contributed by atoms with Gasteiger partial charge in [-0.1, -0.05) is 6.42 Å². The Bertz CT molecular complexity index is 247. The van der Waals surface area contributed by atoms with Crippen molar-refractivity contribution in [3.8, 4) is 0 Å². The number of fused-ring (bicyclic) bond motifs is 2. The molecule has 3 rings (SSSR count). The number of nitrogens with one attached hydrogen (secondary N) is 1. The van der Waals surface area contributed by atoms with Crippen molar-refractivity contribution in [1.82, 2.24) is 5.32 Å². The van der Waals surface area contributed by atoms with Crippen molar-refractivity contribution in [1.29, 1.82) is 0 Å². The van der Waals surface area contributed by atoms with Gasteiger partial charge in [0.2, 0.25) is 0 Å². The van der Waals surface area contributed by atoms with Gasteiger partial charge in [-0.15, -0.1) is 0 Å². The molecule has 0 spiro atoms. The van der Waals surface area contributed by atoms with Crippen molar-refractivity contribution >= 4 is 5.78 Å². The molecule has 1 saturated heterocycles. The third kappa shape index (κ3) is 1.40. The zero-order chi connectivity index (χ0) is 9.54. The van der Waals surface area contributed by atoms with Crippen LogP contribution in [0.4, 0.5) is 0 Å². The molecule has 3 aliphatic rings. The first kappa shape index (κ1) is 8.90. The van der Waals surface area contributed by atoms with Gasteiger partial charge in [-0.05, 0) is 37.0 Å². The average Bonchev–Trinajstić information content (AvgIpc) is 2.60. The maximum Gasteiger partial charge on any atom is 0.138 e. The van der Waals surface area contributed by atoms with Gasteiger partial charge in [-0.3, -0.25) is 4.79 Å². The normalized spacial score (nSPS) is 41.3. The Morgan fingerprint density at radius 2 is 2.07 bits per heavy atom. The molecule has 2 saturated carbocycles. The largest absolute Gasteiger partial charge is 0.315 e. The Morgan fingerprint density at radius 1 is 1.21 bits per heavy atom. The molecule has 1 N–H and O–H groups in total. The maximum absolute atomic E-state index is 11.8. The van der Waals surface area contributed by atoms with Crippen LogP contribution in [-0.2, 0) is 4.79 Å². The Kier molecular flexibility index (Phi) is 2.12. The summed E-state index contributed by atoms with van der Waals surface area (Å²) in [4.78, 5) is 11.8. The molecule has 3 fully saturated rings. The monoisotopic (exact) mass is 193 g/mol. The van der Waals surface area contributed by atoms with E-state index in [1.807, 2.05) is 0 Å². The van der Waals surface area contributed by atoms with Crippen LogP contribution in [0, 0.1) is 23.7 Å². The molecule has 78 valence electrons. The lowest BCUT2D eigenvalue weighted by Crippen LogP contribution is -2.47. The van der Waals surface area contributed by atoms with Crippen LogP contribution in [0.25, 0.3) is 0 Å². The second-order valence-electron chi connectivity index (χ2n) is 5.46. The summed E-state index contributed by atoms with van der Waals surface area (Å²) in [5.41, 5.74) is 0. The van der Waals surface area contributed by atoms with E-state index < -0.39 is 0 Å². The predicted octanol–water partition coefficient (Wildman–Crippen LogP) is 1.60. The second kappa shape index (κ2) is 3.34. The van der Waals surface area contributed by atoms with Crippen molar-refractivity contribution < 1.29 is 4.79 Å². The van der Waals surface area contributed by atoms with Gasteiger partial charge in [0.05, 0.1) is 0 Å². The Hall–Kier alpha value is -0.370. The smallest absolute Gasteiger partial charge is 0.138 e. The van der Waals surface area contributed by atoms with Crippen LogP contribution in [0.2, 0.25) is 0 Å². The van der Waals surface area contributed by atoms with Crippen molar-refractivity contribution in [2.24, 2.45) is 23.7 Å². The SMILES string of the molecule is O=C(CC1CC2CCC1C2)C1CNC1. The lowest BCUT2D eigenvalue weighted by molar-refractivity contribution is -0.125. The first-order valence-electron chi connectivity index (χ1n) is 6.06. The fourth-order valence-corrected chi connectivity index (χ4v) is 3.57. The van der Waals surface area contributed by atoms with Crippen molar-refractivity contribution in [2.45, 2.75) is 32.1 Å². The molecular formula is C12H19NO. The van der Waals surface area contributed by atoms with E-state index in [9.17, 15) is 4.79 Å². The first-order chi connectivity index (χ1) is 6.83. The lowest BCUT2D eigenvalue weighted by Gasteiger charge is -2.28. The van der Waals surface area contributed by atoms with E-state index in [4.69, 9.17) is 0 Å². The number of ketones is 1. The van der Waals surface area contributed by atoms with Crippen LogP contribution in [0.5, 0.6) is 0 Å². The van der Waals surface area contributed by atoms with Gasteiger partial charge >= 0.3 is 0 Å². The molecular weight excluding hydrogens is 174 g/mol. The van der Waals surface area contributed by atoms with Crippen LogP contribution in [0.1, 0.15) is 32.1 Å². The van der Waals surface area contributed by atoms with Gasteiger partial charge in [0, 0.05) is 25.4 Å². The minimum atomic E-state index is 0.370. The lowest BCUT2D eigenvalue weighted by atomic mass is 9.82. The standard InChI is InChI=1S/C12H19NO/c14-12(11-6-13-7-11)5-10-4-8-1-2-9(10)3-8/h8-11,13H,1-7H2. The van der Waals surface area contributed by atoms with Crippen molar-refractivity contribution in [3.63, 3.8) is 0 Å². The highest BCUT2D eigenvalue weighted by Crippen LogP contribution is 2.49. The summed E-state index contributed by atoms with van der Waals surface area (Å²) in [7, 11) is 0. The van der Waals surface area contributed by atoms with Crippen LogP contribution in [-0.4, -0.2) is 18.9 Å². The molecule has 0 amide bonds. The number of hydrogen-bond acceptors (Lipinski definition) is 2. The summed E-state index contributed by atoms with van der Waals surface area (Å²) in [6.45, 7) is 1.89. The molecule has 2 nitrogen and oxygen atoms in total. The van der Waals surface area contributed by atoms with Gasteiger partial charge in [0.25, 0.3) is 0 Å². The maximum atomic E-state index is 11.8. The molecule has 0 aromatic rings. The molecule has 1 aliphatic heterocycles. The van der Waals surface area contributed by atoms with Gasteiger partial charge in [-0.2, -0.15) is 0 Å². The number of carbonyl (C=O) groups excluding carboxylic acids is 1. The molecule has 0 radical (unpaired) electrons. The van der Waals surface area contributed by atoms with Crippen LogP contribution >= 0.6 is 0 Å². The Labute approximate surface area is 85.4 Å². The van der Waals surface area contributed by atoms with E-state index >= 15 is 0 Å². The topological polar surface area (TPSA) is 29.1 Å². The van der Waals surface area contributed by atoms with E-state index in [0.717, 1.165) is 37.3 Å². The van der Waals surface area contributed by atoms with Crippen LogP contribution in [0.15, 0.2) is 0 Å². The Morgan fingerprint density at radius 3 is 2.57 bits per heavy atom. The molecule has 14 heavy (non-hydrogen) atoms. The number of rotatable bonds is 3. The van der Waals surface area contributed by atoms with Crippen LogP contribution < -0.4 is 5.32 Å². The highest BCUT2D eigenvalue weighted by molar-refractivity contribution is 5.82. The van der Waals surface area contributed by atoms with Crippen LogP contribution in [0.3, 0.4) is 0 Å². The van der Waals surface area contributed by atoms with E-state index in [1.165, 1.54) is 25.7 Å². The minimum Gasteiger partial charge on any atom is -0.315 e. The van der Waals surface area contributed by atoms with Crippen molar-refractivity contribution in [3.05, 3.63) is 0 Å². The molecule has 2 aliphatic carbocycles. The quantitative estimate of drug-likeness (QED) is 0.737.